The zero-order chi connectivity index (χ0) is 17.3. The van der Waals surface area contributed by atoms with Gasteiger partial charge in [-0.2, -0.15) is 0 Å². The van der Waals surface area contributed by atoms with Gasteiger partial charge in [0.1, 0.15) is 17.8 Å². The summed E-state index contributed by atoms with van der Waals surface area (Å²) in [4.78, 5) is 0. The van der Waals surface area contributed by atoms with Crippen LogP contribution >= 0.6 is 0 Å². The van der Waals surface area contributed by atoms with Gasteiger partial charge >= 0.3 is 0 Å². The standard InChI is InChI=1S/C15H12N6O3S/c22-25(23,9-14-13-3-1-2-4-15(13)24-17-14)18-11-5-7-12(8-6-11)21-10-16-19-20-21/h1-8,10,18H,9H2. The number of rotatable bonds is 5. The third-order valence-corrected chi connectivity index (χ3v) is 4.73. The highest BCUT2D eigenvalue weighted by molar-refractivity contribution is 7.91. The van der Waals surface area contributed by atoms with Crippen LogP contribution in [0.25, 0.3) is 16.7 Å². The maximum Gasteiger partial charge on any atom is 0.238 e. The zero-order valence-electron chi connectivity index (χ0n) is 12.8. The number of para-hydroxylation sites is 1. The fourth-order valence-corrected chi connectivity index (χ4v) is 3.54. The first-order valence-corrected chi connectivity index (χ1v) is 8.93. The number of fused-ring (bicyclic) bond motifs is 1. The van der Waals surface area contributed by atoms with Gasteiger partial charge in [0.2, 0.25) is 10.0 Å². The first-order valence-electron chi connectivity index (χ1n) is 7.28. The Labute approximate surface area is 142 Å². The Bertz CT molecular complexity index is 1100. The monoisotopic (exact) mass is 356 g/mol. The maximum atomic E-state index is 12.4. The molecule has 2 aromatic carbocycles. The Morgan fingerprint density at radius 3 is 2.64 bits per heavy atom. The minimum absolute atomic E-state index is 0.279. The smallest absolute Gasteiger partial charge is 0.238 e. The summed E-state index contributed by atoms with van der Waals surface area (Å²) in [7, 11) is -3.64. The van der Waals surface area contributed by atoms with Crippen molar-refractivity contribution in [1.82, 2.24) is 25.4 Å². The van der Waals surface area contributed by atoms with Crippen molar-refractivity contribution in [2.75, 3.05) is 4.72 Å². The van der Waals surface area contributed by atoms with E-state index in [0.29, 0.717) is 22.4 Å². The largest absolute Gasteiger partial charge is 0.356 e. The Hall–Kier alpha value is -3.27. The molecule has 1 N–H and O–H groups in total. The van der Waals surface area contributed by atoms with E-state index in [1.807, 2.05) is 0 Å². The second-order valence-corrected chi connectivity index (χ2v) is 7.01. The summed E-state index contributed by atoms with van der Waals surface area (Å²) in [6.45, 7) is 0. The highest BCUT2D eigenvalue weighted by Crippen LogP contribution is 2.21. The summed E-state index contributed by atoms with van der Waals surface area (Å²) in [6, 6.07) is 13.8. The van der Waals surface area contributed by atoms with Crippen LogP contribution in [0.1, 0.15) is 5.69 Å². The summed E-state index contributed by atoms with van der Waals surface area (Å²) in [5.41, 5.74) is 2.08. The zero-order valence-corrected chi connectivity index (χ0v) is 13.6. The number of nitrogens with one attached hydrogen (secondary N) is 1. The van der Waals surface area contributed by atoms with Gasteiger partial charge in [0.25, 0.3) is 0 Å². The van der Waals surface area contributed by atoms with Gasteiger partial charge in [-0.25, -0.2) is 13.1 Å². The third kappa shape index (κ3) is 3.19. The third-order valence-electron chi connectivity index (χ3n) is 3.53. The molecular formula is C15H12N6O3S. The number of hydrogen-bond acceptors (Lipinski definition) is 7. The number of hydrogen-bond donors (Lipinski definition) is 1. The molecule has 4 aromatic rings. The van der Waals surface area contributed by atoms with Crippen LogP contribution in [0, 0.1) is 0 Å². The lowest BCUT2D eigenvalue weighted by atomic mass is 10.2. The highest BCUT2D eigenvalue weighted by Gasteiger charge is 2.17. The summed E-state index contributed by atoms with van der Waals surface area (Å²) >= 11 is 0. The fraction of sp³-hybridized carbons (Fsp3) is 0.0667. The molecule has 0 fully saturated rings. The molecule has 2 aromatic heterocycles. The molecule has 0 aliphatic heterocycles. The number of nitrogens with zero attached hydrogens (tertiary/aromatic N) is 5. The molecule has 0 aliphatic rings. The summed E-state index contributed by atoms with van der Waals surface area (Å²) in [5, 5.41) is 15.4. The van der Waals surface area contributed by atoms with E-state index in [2.05, 4.69) is 25.4 Å². The summed E-state index contributed by atoms with van der Waals surface area (Å²) in [5.74, 6) is -0.279. The maximum absolute atomic E-state index is 12.4. The Balaban J connectivity index is 1.53. The van der Waals surface area contributed by atoms with Crippen molar-refractivity contribution in [2.45, 2.75) is 5.75 Å². The molecule has 126 valence electrons. The van der Waals surface area contributed by atoms with E-state index < -0.39 is 10.0 Å². The van der Waals surface area contributed by atoms with Gasteiger partial charge in [-0.05, 0) is 46.8 Å². The van der Waals surface area contributed by atoms with E-state index in [9.17, 15) is 8.42 Å². The van der Waals surface area contributed by atoms with Crippen molar-refractivity contribution in [3.63, 3.8) is 0 Å². The van der Waals surface area contributed by atoms with E-state index in [0.717, 1.165) is 5.69 Å². The van der Waals surface area contributed by atoms with Gasteiger partial charge in [-0.1, -0.05) is 17.3 Å². The minimum Gasteiger partial charge on any atom is -0.356 e. The van der Waals surface area contributed by atoms with Gasteiger partial charge in [-0.15, -0.1) is 5.10 Å². The molecule has 10 heteroatoms. The molecule has 25 heavy (non-hydrogen) atoms. The fourth-order valence-electron chi connectivity index (χ4n) is 2.40. The average molecular weight is 356 g/mol. The van der Waals surface area contributed by atoms with Crippen LogP contribution < -0.4 is 4.72 Å². The van der Waals surface area contributed by atoms with E-state index in [4.69, 9.17) is 4.52 Å². The summed E-state index contributed by atoms with van der Waals surface area (Å²) in [6.07, 6.45) is 1.45. The molecule has 0 bridgehead atoms. The van der Waals surface area contributed by atoms with Crippen LogP contribution in [-0.4, -0.2) is 33.8 Å². The van der Waals surface area contributed by atoms with Crippen LogP contribution in [-0.2, 0) is 15.8 Å². The molecular weight excluding hydrogens is 344 g/mol. The van der Waals surface area contributed by atoms with Crippen LogP contribution in [0.3, 0.4) is 0 Å². The van der Waals surface area contributed by atoms with Crippen molar-refractivity contribution < 1.29 is 12.9 Å². The first kappa shape index (κ1) is 15.3. The molecule has 9 nitrogen and oxygen atoms in total. The van der Waals surface area contributed by atoms with Gasteiger partial charge in [-0.3, -0.25) is 4.72 Å². The Morgan fingerprint density at radius 1 is 1.08 bits per heavy atom. The second-order valence-electron chi connectivity index (χ2n) is 5.29. The molecule has 0 radical (unpaired) electrons. The van der Waals surface area contributed by atoms with E-state index >= 15 is 0 Å². The van der Waals surface area contributed by atoms with Gasteiger partial charge in [0, 0.05) is 11.1 Å². The number of benzene rings is 2. The van der Waals surface area contributed by atoms with Crippen LogP contribution in [0.5, 0.6) is 0 Å². The summed E-state index contributed by atoms with van der Waals surface area (Å²) < 4.78 is 33.9. The van der Waals surface area contributed by atoms with Crippen LogP contribution in [0.2, 0.25) is 0 Å². The normalized spacial score (nSPS) is 11.7. The molecule has 0 atom stereocenters. The minimum atomic E-state index is -3.64. The number of aromatic nitrogens is 5. The molecule has 2 heterocycles. The van der Waals surface area contributed by atoms with Crippen LogP contribution in [0.4, 0.5) is 5.69 Å². The number of anilines is 1. The highest BCUT2D eigenvalue weighted by atomic mass is 32.2. The van der Waals surface area contributed by atoms with Crippen molar-refractivity contribution in [3.05, 3.63) is 60.6 Å². The molecule has 0 saturated heterocycles. The predicted octanol–water partition coefficient (Wildman–Crippen LogP) is 1.75. The average Bonchev–Trinajstić information content (AvgIpc) is 3.26. The lowest BCUT2D eigenvalue weighted by Gasteiger charge is -2.07. The lowest BCUT2D eigenvalue weighted by Crippen LogP contribution is -2.15. The number of tetrazole rings is 1. The molecule has 4 rings (SSSR count). The number of sulfonamides is 1. The first-order chi connectivity index (χ1) is 12.1. The molecule has 0 unspecified atom stereocenters. The predicted molar refractivity (Wildman–Crippen MR) is 89.4 cm³/mol. The lowest BCUT2D eigenvalue weighted by molar-refractivity contribution is 0.448. The van der Waals surface area contributed by atoms with E-state index in [-0.39, 0.29) is 5.75 Å². The molecule has 0 aliphatic carbocycles. The van der Waals surface area contributed by atoms with Gasteiger partial charge in [0.15, 0.2) is 5.58 Å². The van der Waals surface area contributed by atoms with Crippen molar-refractivity contribution in [2.24, 2.45) is 0 Å². The Kier molecular flexibility index (Phi) is 3.65. The molecule has 0 spiro atoms. The van der Waals surface area contributed by atoms with Crippen LogP contribution in [0.15, 0.2) is 59.4 Å². The van der Waals surface area contributed by atoms with Crippen molar-refractivity contribution >= 4 is 26.7 Å². The molecule has 0 amide bonds. The molecule has 0 saturated carbocycles. The Morgan fingerprint density at radius 2 is 1.88 bits per heavy atom. The quantitative estimate of drug-likeness (QED) is 0.579. The second kappa shape index (κ2) is 5.98. The SMILES string of the molecule is O=S(=O)(Cc1noc2ccccc12)Nc1ccc(-n2cnnn2)cc1. The van der Waals surface area contributed by atoms with Crippen molar-refractivity contribution in [3.8, 4) is 5.69 Å². The topological polar surface area (TPSA) is 116 Å². The van der Waals surface area contributed by atoms with Gasteiger partial charge in [0.05, 0.1) is 5.69 Å². The van der Waals surface area contributed by atoms with Gasteiger partial charge < -0.3 is 4.52 Å². The van der Waals surface area contributed by atoms with E-state index in [1.54, 1.807) is 48.5 Å². The van der Waals surface area contributed by atoms with E-state index in [1.165, 1.54) is 11.0 Å². The van der Waals surface area contributed by atoms with Crippen molar-refractivity contribution in [1.29, 1.82) is 0 Å².